The Bertz CT molecular complexity index is 145. The SMILES string of the molecule is CC.CCOCCCCCN1CCN(C)CC1. The Balaban J connectivity index is 0.00000121. The molecule has 1 heterocycles. The zero-order valence-electron chi connectivity index (χ0n) is 12.4. The van der Waals surface area contributed by atoms with Crippen molar-refractivity contribution in [2.75, 3.05) is 53.0 Å². The monoisotopic (exact) mass is 244 g/mol. The normalized spacial score (nSPS) is 17.6. The van der Waals surface area contributed by atoms with Gasteiger partial charge >= 0.3 is 0 Å². The molecule has 1 aliphatic rings. The molecule has 3 nitrogen and oxygen atoms in total. The molecule has 0 bridgehead atoms. The molecule has 1 fully saturated rings. The Kier molecular flexibility index (Phi) is 12.3. The Morgan fingerprint density at radius 1 is 0.941 bits per heavy atom. The molecule has 0 atom stereocenters. The predicted octanol–water partition coefficient (Wildman–Crippen LogP) is 2.47. The van der Waals surface area contributed by atoms with Gasteiger partial charge in [-0.3, -0.25) is 0 Å². The van der Waals surface area contributed by atoms with Crippen LogP contribution in [0.1, 0.15) is 40.0 Å². The summed E-state index contributed by atoms with van der Waals surface area (Å²) >= 11 is 0. The summed E-state index contributed by atoms with van der Waals surface area (Å²) in [5.41, 5.74) is 0. The minimum absolute atomic E-state index is 0.860. The molecule has 0 saturated carbocycles. The standard InChI is InChI=1S/C12H26N2O.C2H6/c1-3-15-12-6-4-5-7-14-10-8-13(2)9-11-14;1-2/h3-12H2,1-2H3;1-2H3. The predicted molar refractivity (Wildman–Crippen MR) is 75.6 cm³/mol. The lowest BCUT2D eigenvalue weighted by atomic mass is 10.2. The van der Waals surface area contributed by atoms with Gasteiger partial charge in [-0.15, -0.1) is 0 Å². The second-order valence-electron chi connectivity index (χ2n) is 4.40. The van der Waals surface area contributed by atoms with Crippen LogP contribution in [0.15, 0.2) is 0 Å². The van der Waals surface area contributed by atoms with Crippen LogP contribution in [0, 0.1) is 0 Å². The molecule has 0 aromatic carbocycles. The van der Waals surface area contributed by atoms with Gasteiger partial charge < -0.3 is 14.5 Å². The summed E-state index contributed by atoms with van der Waals surface area (Å²) < 4.78 is 5.32. The van der Waals surface area contributed by atoms with Crippen LogP contribution in [-0.4, -0.2) is 62.8 Å². The highest BCUT2D eigenvalue weighted by Crippen LogP contribution is 2.03. The van der Waals surface area contributed by atoms with Crippen molar-refractivity contribution in [2.24, 2.45) is 0 Å². The molecule has 0 spiro atoms. The largest absolute Gasteiger partial charge is 0.382 e. The molecule has 3 heteroatoms. The summed E-state index contributed by atoms with van der Waals surface area (Å²) in [6, 6.07) is 0. The van der Waals surface area contributed by atoms with E-state index in [1.165, 1.54) is 52.0 Å². The van der Waals surface area contributed by atoms with Crippen molar-refractivity contribution >= 4 is 0 Å². The molecule has 0 radical (unpaired) electrons. The first kappa shape index (κ1) is 16.9. The van der Waals surface area contributed by atoms with Gasteiger partial charge in [0.15, 0.2) is 0 Å². The van der Waals surface area contributed by atoms with Crippen molar-refractivity contribution in [3.8, 4) is 0 Å². The van der Waals surface area contributed by atoms with E-state index in [-0.39, 0.29) is 0 Å². The fraction of sp³-hybridized carbons (Fsp3) is 1.00. The molecule has 1 rings (SSSR count). The van der Waals surface area contributed by atoms with Crippen molar-refractivity contribution < 1.29 is 4.74 Å². The number of likely N-dealkylation sites (N-methyl/N-ethyl adjacent to an activating group) is 1. The molecule has 0 unspecified atom stereocenters. The van der Waals surface area contributed by atoms with Crippen molar-refractivity contribution in [1.29, 1.82) is 0 Å². The van der Waals surface area contributed by atoms with Crippen molar-refractivity contribution in [2.45, 2.75) is 40.0 Å². The van der Waals surface area contributed by atoms with E-state index in [0.717, 1.165) is 13.2 Å². The summed E-state index contributed by atoms with van der Waals surface area (Å²) in [4.78, 5) is 4.99. The highest BCUT2D eigenvalue weighted by Gasteiger charge is 2.12. The summed E-state index contributed by atoms with van der Waals surface area (Å²) in [6.45, 7) is 14.1. The quantitative estimate of drug-likeness (QED) is 0.640. The molecule has 0 aromatic rings. The van der Waals surface area contributed by atoms with Gasteiger partial charge in [0.25, 0.3) is 0 Å². The Morgan fingerprint density at radius 3 is 2.18 bits per heavy atom. The summed E-state index contributed by atoms with van der Waals surface area (Å²) in [7, 11) is 2.21. The zero-order chi connectivity index (χ0) is 12.9. The minimum atomic E-state index is 0.860. The van der Waals surface area contributed by atoms with Crippen molar-refractivity contribution in [1.82, 2.24) is 9.80 Å². The highest BCUT2D eigenvalue weighted by atomic mass is 16.5. The first-order valence-electron chi connectivity index (χ1n) is 7.31. The second-order valence-corrected chi connectivity index (χ2v) is 4.40. The number of rotatable bonds is 7. The number of ether oxygens (including phenoxy) is 1. The van der Waals surface area contributed by atoms with Crippen LogP contribution < -0.4 is 0 Å². The molecule has 104 valence electrons. The van der Waals surface area contributed by atoms with Crippen LogP contribution in [0.3, 0.4) is 0 Å². The minimum Gasteiger partial charge on any atom is -0.382 e. The molecule has 1 aliphatic heterocycles. The third-order valence-corrected chi connectivity index (χ3v) is 3.06. The number of nitrogens with zero attached hydrogens (tertiary/aromatic N) is 2. The van der Waals surface area contributed by atoms with Crippen molar-refractivity contribution in [3.63, 3.8) is 0 Å². The van der Waals surface area contributed by atoms with Gasteiger partial charge in [0.05, 0.1) is 0 Å². The topological polar surface area (TPSA) is 15.7 Å². The molecule has 17 heavy (non-hydrogen) atoms. The third-order valence-electron chi connectivity index (χ3n) is 3.06. The van der Waals surface area contributed by atoms with Crippen LogP contribution in [0.2, 0.25) is 0 Å². The maximum absolute atomic E-state index is 5.32. The van der Waals surface area contributed by atoms with Crippen LogP contribution in [0.4, 0.5) is 0 Å². The van der Waals surface area contributed by atoms with E-state index in [4.69, 9.17) is 4.74 Å². The van der Waals surface area contributed by atoms with E-state index in [1.807, 2.05) is 13.8 Å². The lowest BCUT2D eigenvalue weighted by molar-refractivity contribution is 0.135. The van der Waals surface area contributed by atoms with Crippen LogP contribution in [0.25, 0.3) is 0 Å². The zero-order valence-corrected chi connectivity index (χ0v) is 12.4. The maximum Gasteiger partial charge on any atom is 0.0465 e. The second kappa shape index (κ2) is 12.3. The van der Waals surface area contributed by atoms with E-state index in [2.05, 4.69) is 23.8 Å². The van der Waals surface area contributed by atoms with Gasteiger partial charge in [0, 0.05) is 39.4 Å². The number of hydrogen-bond acceptors (Lipinski definition) is 3. The van der Waals surface area contributed by atoms with E-state index in [1.54, 1.807) is 0 Å². The number of hydrogen-bond donors (Lipinski definition) is 0. The smallest absolute Gasteiger partial charge is 0.0465 e. The number of unbranched alkanes of at least 4 members (excludes halogenated alkanes) is 2. The molecule has 0 aliphatic carbocycles. The van der Waals surface area contributed by atoms with E-state index < -0.39 is 0 Å². The molecular formula is C14H32N2O. The van der Waals surface area contributed by atoms with Crippen LogP contribution in [0.5, 0.6) is 0 Å². The van der Waals surface area contributed by atoms with Crippen LogP contribution in [-0.2, 0) is 4.74 Å². The summed E-state index contributed by atoms with van der Waals surface area (Å²) in [6.07, 6.45) is 3.87. The van der Waals surface area contributed by atoms with Gasteiger partial charge in [-0.05, 0) is 39.8 Å². The van der Waals surface area contributed by atoms with E-state index >= 15 is 0 Å². The van der Waals surface area contributed by atoms with Gasteiger partial charge in [-0.25, -0.2) is 0 Å². The Morgan fingerprint density at radius 2 is 1.59 bits per heavy atom. The lowest BCUT2D eigenvalue weighted by Crippen LogP contribution is -2.44. The highest BCUT2D eigenvalue weighted by molar-refractivity contribution is 4.68. The fourth-order valence-electron chi connectivity index (χ4n) is 1.93. The van der Waals surface area contributed by atoms with E-state index in [0.29, 0.717) is 0 Å². The van der Waals surface area contributed by atoms with Gasteiger partial charge in [0.2, 0.25) is 0 Å². The van der Waals surface area contributed by atoms with Crippen LogP contribution >= 0.6 is 0 Å². The average molecular weight is 244 g/mol. The van der Waals surface area contributed by atoms with Gasteiger partial charge in [0.1, 0.15) is 0 Å². The Hall–Kier alpha value is -0.120. The van der Waals surface area contributed by atoms with E-state index in [9.17, 15) is 0 Å². The molecule has 1 saturated heterocycles. The molecule has 0 aromatic heterocycles. The molecule has 0 amide bonds. The third kappa shape index (κ3) is 9.57. The van der Waals surface area contributed by atoms with Crippen molar-refractivity contribution in [3.05, 3.63) is 0 Å². The molecular weight excluding hydrogens is 212 g/mol. The number of piperazine rings is 1. The average Bonchev–Trinajstić information content (AvgIpc) is 2.38. The lowest BCUT2D eigenvalue weighted by Gasteiger charge is -2.32. The first-order valence-corrected chi connectivity index (χ1v) is 7.31. The Labute approximate surface area is 108 Å². The fourth-order valence-corrected chi connectivity index (χ4v) is 1.93. The molecule has 0 N–H and O–H groups in total. The summed E-state index contributed by atoms with van der Waals surface area (Å²) in [5, 5.41) is 0. The van der Waals surface area contributed by atoms with Gasteiger partial charge in [-0.2, -0.15) is 0 Å². The first-order chi connectivity index (χ1) is 8.33. The van der Waals surface area contributed by atoms with Gasteiger partial charge in [-0.1, -0.05) is 13.8 Å². The maximum atomic E-state index is 5.32. The summed E-state index contributed by atoms with van der Waals surface area (Å²) in [5.74, 6) is 0.